The molecule has 0 amide bonds. The predicted octanol–water partition coefficient (Wildman–Crippen LogP) is 3.17. The monoisotopic (exact) mass is 362 g/mol. The molecule has 1 aliphatic heterocycles. The third-order valence-electron chi connectivity index (χ3n) is 6.71. The van der Waals surface area contributed by atoms with Crippen LogP contribution in [0.5, 0.6) is 0 Å². The number of carbonyl (C=O) groups excluding carboxylic acids is 2. The minimum absolute atomic E-state index is 0.133. The Morgan fingerprint density at radius 1 is 1.35 bits per heavy atom. The van der Waals surface area contributed by atoms with Gasteiger partial charge in [0.2, 0.25) is 0 Å². The molecular formula is C21H30O5. The van der Waals surface area contributed by atoms with E-state index in [0.717, 1.165) is 5.57 Å². The van der Waals surface area contributed by atoms with Crippen molar-refractivity contribution in [2.24, 2.45) is 23.2 Å². The molecule has 3 aliphatic rings. The van der Waals surface area contributed by atoms with Crippen LogP contribution < -0.4 is 0 Å². The van der Waals surface area contributed by atoms with Crippen LogP contribution in [0.3, 0.4) is 0 Å². The van der Waals surface area contributed by atoms with Gasteiger partial charge in [-0.2, -0.15) is 0 Å². The Bertz CT molecular complexity index is 661. The summed E-state index contributed by atoms with van der Waals surface area (Å²) in [5.41, 5.74) is -0.253. The SMILES string of the molecule is C=C1C(=O)O[C@@H]2CC(=C)[C@H]3[C@@H](OC(=O)CC(C)C)C[C@@](C)(O)[C@]3(C)C[C@H]12. The van der Waals surface area contributed by atoms with Crippen LogP contribution in [0.4, 0.5) is 0 Å². The van der Waals surface area contributed by atoms with Gasteiger partial charge in [-0.05, 0) is 19.3 Å². The fourth-order valence-corrected chi connectivity index (χ4v) is 5.16. The van der Waals surface area contributed by atoms with E-state index < -0.39 is 17.1 Å². The van der Waals surface area contributed by atoms with Crippen molar-refractivity contribution in [3.05, 3.63) is 24.3 Å². The van der Waals surface area contributed by atoms with Gasteiger partial charge in [0.25, 0.3) is 0 Å². The molecule has 0 spiro atoms. The van der Waals surface area contributed by atoms with Crippen LogP contribution in [-0.2, 0) is 19.1 Å². The van der Waals surface area contributed by atoms with E-state index in [1.165, 1.54) is 0 Å². The second-order valence-corrected chi connectivity index (χ2v) is 9.14. The normalized spacial score (nSPS) is 42.3. The van der Waals surface area contributed by atoms with Crippen LogP contribution in [0, 0.1) is 23.2 Å². The first-order chi connectivity index (χ1) is 12.0. The molecule has 26 heavy (non-hydrogen) atoms. The van der Waals surface area contributed by atoms with Crippen molar-refractivity contribution in [2.45, 2.75) is 71.2 Å². The Hall–Kier alpha value is -1.62. The highest BCUT2D eigenvalue weighted by Gasteiger charge is 2.64. The lowest BCUT2D eigenvalue weighted by Crippen LogP contribution is -2.44. The van der Waals surface area contributed by atoms with Crippen LogP contribution in [0.1, 0.15) is 53.4 Å². The second kappa shape index (κ2) is 6.22. The summed E-state index contributed by atoms with van der Waals surface area (Å²) < 4.78 is 11.3. The van der Waals surface area contributed by atoms with Gasteiger partial charge < -0.3 is 14.6 Å². The van der Waals surface area contributed by atoms with Gasteiger partial charge in [-0.1, -0.05) is 39.5 Å². The Kier molecular flexibility index (Phi) is 4.58. The fraction of sp³-hybridized carbons (Fsp3) is 0.714. The Morgan fingerprint density at radius 2 is 2.00 bits per heavy atom. The highest BCUT2D eigenvalue weighted by Crippen LogP contribution is 2.61. The lowest BCUT2D eigenvalue weighted by molar-refractivity contribution is -0.151. The molecule has 144 valence electrons. The summed E-state index contributed by atoms with van der Waals surface area (Å²) in [7, 11) is 0. The summed E-state index contributed by atoms with van der Waals surface area (Å²) in [6, 6.07) is 0. The standard InChI is InChI=1S/C21H30O5/c1-11(2)7-17(22)25-16-10-21(6,24)20(5)9-14-13(4)19(23)26-15(14)8-12(3)18(16)20/h11,14-16,18,24H,3-4,7-10H2,1-2,5-6H3/t14-,15-,16+,18+,20-,21-/m1/s1. The summed E-state index contributed by atoms with van der Waals surface area (Å²) in [5, 5.41) is 11.2. The van der Waals surface area contributed by atoms with Gasteiger partial charge in [-0.15, -0.1) is 0 Å². The second-order valence-electron chi connectivity index (χ2n) is 9.14. The van der Waals surface area contributed by atoms with Gasteiger partial charge in [0.15, 0.2) is 0 Å². The van der Waals surface area contributed by atoms with E-state index >= 15 is 0 Å². The zero-order chi connectivity index (χ0) is 19.4. The first-order valence-electron chi connectivity index (χ1n) is 9.45. The van der Waals surface area contributed by atoms with Crippen molar-refractivity contribution in [3.8, 4) is 0 Å². The number of esters is 2. The Morgan fingerprint density at radius 3 is 2.62 bits per heavy atom. The van der Waals surface area contributed by atoms with Crippen molar-refractivity contribution in [1.82, 2.24) is 0 Å². The number of aliphatic hydroxyl groups is 1. The summed E-state index contributed by atoms with van der Waals surface area (Å²) in [6.45, 7) is 15.9. The summed E-state index contributed by atoms with van der Waals surface area (Å²) in [5.74, 6) is -0.669. The first-order valence-corrected chi connectivity index (χ1v) is 9.45. The molecule has 2 aliphatic carbocycles. The lowest BCUT2D eigenvalue weighted by atomic mass is 9.65. The summed E-state index contributed by atoms with van der Waals surface area (Å²) in [6.07, 6.45) is 1.12. The molecule has 0 bridgehead atoms. The molecule has 5 nitrogen and oxygen atoms in total. The minimum atomic E-state index is -1.04. The average Bonchev–Trinajstić information content (AvgIpc) is 2.78. The maximum atomic E-state index is 12.3. The largest absolute Gasteiger partial charge is 0.462 e. The van der Waals surface area contributed by atoms with Gasteiger partial charge in [0, 0.05) is 42.1 Å². The van der Waals surface area contributed by atoms with Gasteiger partial charge >= 0.3 is 11.9 Å². The highest BCUT2D eigenvalue weighted by molar-refractivity contribution is 5.90. The molecule has 3 fully saturated rings. The maximum absolute atomic E-state index is 12.3. The summed E-state index contributed by atoms with van der Waals surface area (Å²) in [4.78, 5) is 24.2. The van der Waals surface area contributed by atoms with Gasteiger partial charge in [0.05, 0.1) is 5.60 Å². The highest BCUT2D eigenvalue weighted by atomic mass is 16.6. The van der Waals surface area contributed by atoms with E-state index in [0.29, 0.717) is 31.3 Å². The van der Waals surface area contributed by atoms with Gasteiger partial charge in [-0.3, -0.25) is 4.79 Å². The van der Waals surface area contributed by atoms with Crippen LogP contribution in [0.2, 0.25) is 0 Å². The zero-order valence-electron chi connectivity index (χ0n) is 16.2. The molecule has 2 saturated carbocycles. The number of ether oxygens (including phenoxy) is 2. The van der Waals surface area contributed by atoms with Crippen LogP contribution in [0.15, 0.2) is 24.3 Å². The average molecular weight is 362 g/mol. The molecule has 0 aromatic rings. The number of hydrogen-bond acceptors (Lipinski definition) is 5. The Labute approximate surface area is 155 Å². The number of rotatable bonds is 3. The third-order valence-corrected chi connectivity index (χ3v) is 6.71. The lowest BCUT2D eigenvalue weighted by Gasteiger charge is -2.41. The van der Waals surface area contributed by atoms with E-state index in [1.54, 1.807) is 6.92 Å². The van der Waals surface area contributed by atoms with E-state index in [2.05, 4.69) is 13.2 Å². The minimum Gasteiger partial charge on any atom is -0.462 e. The van der Waals surface area contributed by atoms with Crippen LogP contribution in [-0.4, -0.2) is 34.9 Å². The van der Waals surface area contributed by atoms with Crippen molar-refractivity contribution in [3.63, 3.8) is 0 Å². The number of hydrogen-bond donors (Lipinski definition) is 1. The molecule has 1 heterocycles. The topological polar surface area (TPSA) is 72.8 Å². The molecule has 6 atom stereocenters. The summed E-state index contributed by atoms with van der Waals surface area (Å²) >= 11 is 0. The van der Waals surface area contributed by atoms with E-state index in [4.69, 9.17) is 9.47 Å². The molecule has 1 N–H and O–H groups in total. The van der Waals surface area contributed by atoms with Gasteiger partial charge in [0.1, 0.15) is 12.2 Å². The molecule has 0 aromatic heterocycles. The number of carbonyl (C=O) groups is 2. The first kappa shape index (κ1) is 19.2. The predicted molar refractivity (Wildman–Crippen MR) is 97.1 cm³/mol. The van der Waals surface area contributed by atoms with Crippen LogP contribution in [0.25, 0.3) is 0 Å². The fourth-order valence-electron chi connectivity index (χ4n) is 5.16. The van der Waals surface area contributed by atoms with Crippen molar-refractivity contribution in [1.29, 1.82) is 0 Å². The maximum Gasteiger partial charge on any atom is 0.334 e. The smallest absolute Gasteiger partial charge is 0.334 e. The molecule has 0 aromatic carbocycles. The van der Waals surface area contributed by atoms with Gasteiger partial charge in [-0.25, -0.2) is 4.79 Å². The number of fused-ring (bicyclic) bond motifs is 2. The Balaban J connectivity index is 1.92. The molecule has 0 unspecified atom stereocenters. The molecule has 1 saturated heterocycles. The zero-order valence-corrected chi connectivity index (χ0v) is 16.2. The van der Waals surface area contributed by atoms with Crippen molar-refractivity contribution in [2.75, 3.05) is 0 Å². The van der Waals surface area contributed by atoms with E-state index in [1.807, 2.05) is 20.8 Å². The molecule has 3 rings (SSSR count). The molecular weight excluding hydrogens is 332 g/mol. The molecule has 5 heteroatoms. The van der Waals surface area contributed by atoms with Crippen LogP contribution >= 0.6 is 0 Å². The van der Waals surface area contributed by atoms with Crippen molar-refractivity contribution >= 4 is 11.9 Å². The quantitative estimate of drug-likeness (QED) is 0.474. The molecule has 0 radical (unpaired) electrons. The van der Waals surface area contributed by atoms with Crippen molar-refractivity contribution < 1.29 is 24.2 Å². The van der Waals surface area contributed by atoms with E-state index in [9.17, 15) is 14.7 Å². The third kappa shape index (κ3) is 2.90. The van der Waals surface area contributed by atoms with E-state index in [-0.39, 0.29) is 35.8 Å².